The molecule has 414 valence electrons. The molecule has 0 bridgehead atoms. The van der Waals surface area contributed by atoms with Gasteiger partial charge in [0.25, 0.3) is 0 Å². The first-order valence-corrected chi connectivity index (χ1v) is 31.6. The molecule has 1 amide bonds. The molecule has 6 nitrogen and oxygen atoms in total. The van der Waals surface area contributed by atoms with Crippen LogP contribution in [0.15, 0.2) is 24.3 Å². The minimum absolute atomic E-state index is 0.00812. The molecular formula is C64H123NO5. The van der Waals surface area contributed by atoms with Crippen LogP contribution in [0.1, 0.15) is 348 Å². The van der Waals surface area contributed by atoms with Crippen molar-refractivity contribution in [2.45, 2.75) is 360 Å². The number of aliphatic hydroxyl groups is 2. The van der Waals surface area contributed by atoms with E-state index in [2.05, 4.69) is 43.5 Å². The van der Waals surface area contributed by atoms with Crippen LogP contribution < -0.4 is 5.32 Å². The van der Waals surface area contributed by atoms with Crippen LogP contribution in [-0.4, -0.2) is 47.4 Å². The molecule has 3 N–H and O–H groups in total. The van der Waals surface area contributed by atoms with Crippen LogP contribution >= 0.6 is 0 Å². The number of carbonyl (C=O) groups excluding carboxylic acids is 2. The minimum Gasteiger partial charge on any atom is -0.466 e. The van der Waals surface area contributed by atoms with Crippen molar-refractivity contribution in [1.82, 2.24) is 5.32 Å². The van der Waals surface area contributed by atoms with Gasteiger partial charge in [0, 0.05) is 12.8 Å². The van der Waals surface area contributed by atoms with Gasteiger partial charge in [-0.25, -0.2) is 0 Å². The van der Waals surface area contributed by atoms with Crippen molar-refractivity contribution >= 4 is 11.9 Å². The molecule has 0 aromatic carbocycles. The van der Waals surface area contributed by atoms with Crippen LogP contribution in [0.4, 0.5) is 0 Å². The average molecular weight is 987 g/mol. The molecule has 0 heterocycles. The number of esters is 1. The SMILES string of the molecule is CCCCC/C=C\C/C=C\CCCCCCCCCCCC(=O)OCCCCCCCCCCCCCCCC(=O)NC(CO)C(O)CCCCCCCCCCCCCCCCCCCCCCC. The summed E-state index contributed by atoms with van der Waals surface area (Å²) in [7, 11) is 0. The Morgan fingerprint density at radius 2 is 0.714 bits per heavy atom. The number of hydrogen-bond acceptors (Lipinski definition) is 5. The van der Waals surface area contributed by atoms with Gasteiger partial charge in [-0.15, -0.1) is 0 Å². The Labute approximate surface area is 437 Å². The molecular weight excluding hydrogens is 863 g/mol. The van der Waals surface area contributed by atoms with Gasteiger partial charge in [-0.1, -0.05) is 301 Å². The largest absolute Gasteiger partial charge is 0.466 e. The predicted octanol–water partition coefficient (Wildman–Crippen LogP) is 19.8. The van der Waals surface area contributed by atoms with E-state index in [4.69, 9.17) is 4.74 Å². The molecule has 0 aliphatic heterocycles. The molecule has 2 unspecified atom stereocenters. The highest BCUT2D eigenvalue weighted by Crippen LogP contribution is 2.18. The highest BCUT2D eigenvalue weighted by molar-refractivity contribution is 5.76. The predicted molar refractivity (Wildman–Crippen MR) is 306 cm³/mol. The molecule has 2 atom stereocenters. The van der Waals surface area contributed by atoms with Crippen molar-refractivity contribution in [1.29, 1.82) is 0 Å². The lowest BCUT2D eigenvalue weighted by molar-refractivity contribution is -0.143. The zero-order chi connectivity index (χ0) is 50.7. The van der Waals surface area contributed by atoms with E-state index in [-0.39, 0.29) is 18.5 Å². The monoisotopic (exact) mass is 986 g/mol. The van der Waals surface area contributed by atoms with Crippen molar-refractivity contribution in [3.05, 3.63) is 24.3 Å². The number of carbonyl (C=O) groups is 2. The maximum atomic E-state index is 12.5. The molecule has 0 aliphatic carbocycles. The van der Waals surface area contributed by atoms with E-state index < -0.39 is 12.1 Å². The molecule has 0 aromatic heterocycles. The second-order valence-electron chi connectivity index (χ2n) is 21.7. The number of unbranched alkanes of at least 4 members (excludes halogenated alkanes) is 44. The van der Waals surface area contributed by atoms with Gasteiger partial charge < -0.3 is 20.3 Å². The summed E-state index contributed by atoms with van der Waals surface area (Å²) < 4.78 is 5.49. The van der Waals surface area contributed by atoms with Crippen LogP contribution in [0.2, 0.25) is 0 Å². The lowest BCUT2D eigenvalue weighted by Gasteiger charge is -2.22. The summed E-state index contributed by atoms with van der Waals surface area (Å²) in [6.45, 7) is 4.93. The highest BCUT2D eigenvalue weighted by atomic mass is 16.5. The van der Waals surface area contributed by atoms with Crippen LogP contribution in [0.3, 0.4) is 0 Å². The van der Waals surface area contributed by atoms with Crippen molar-refractivity contribution < 1.29 is 24.5 Å². The van der Waals surface area contributed by atoms with E-state index in [1.54, 1.807) is 0 Å². The van der Waals surface area contributed by atoms with Gasteiger partial charge in [-0.05, 0) is 57.8 Å². The third-order valence-corrected chi connectivity index (χ3v) is 14.8. The first-order chi connectivity index (χ1) is 34.5. The number of amides is 1. The summed E-state index contributed by atoms with van der Waals surface area (Å²) in [5, 5.41) is 23.4. The first kappa shape index (κ1) is 68.3. The third kappa shape index (κ3) is 55.7. The van der Waals surface area contributed by atoms with Gasteiger partial charge in [0.05, 0.1) is 25.4 Å². The Hall–Kier alpha value is -1.66. The lowest BCUT2D eigenvalue weighted by atomic mass is 10.0. The first-order valence-electron chi connectivity index (χ1n) is 31.6. The molecule has 0 radical (unpaired) electrons. The Balaban J connectivity index is 3.43. The van der Waals surface area contributed by atoms with Gasteiger partial charge in [-0.3, -0.25) is 9.59 Å². The molecule has 70 heavy (non-hydrogen) atoms. The fraction of sp³-hybridized carbons (Fsp3) is 0.906. The number of rotatable bonds is 59. The average Bonchev–Trinajstić information content (AvgIpc) is 3.36. The van der Waals surface area contributed by atoms with Gasteiger partial charge in [0.2, 0.25) is 5.91 Å². The van der Waals surface area contributed by atoms with Gasteiger partial charge in [0.15, 0.2) is 0 Å². The Bertz CT molecular complexity index is 1090. The van der Waals surface area contributed by atoms with Crippen molar-refractivity contribution in [2.75, 3.05) is 13.2 Å². The second kappa shape index (κ2) is 59.9. The summed E-state index contributed by atoms with van der Waals surface area (Å²) in [6, 6.07) is -0.552. The van der Waals surface area contributed by atoms with Crippen LogP contribution in [0.25, 0.3) is 0 Å². The topological polar surface area (TPSA) is 95.9 Å². The van der Waals surface area contributed by atoms with E-state index >= 15 is 0 Å². The fourth-order valence-corrected chi connectivity index (χ4v) is 9.91. The van der Waals surface area contributed by atoms with E-state index in [9.17, 15) is 19.8 Å². The molecule has 0 saturated carbocycles. The van der Waals surface area contributed by atoms with Crippen molar-refractivity contribution in [3.63, 3.8) is 0 Å². The molecule has 6 heteroatoms. The van der Waals surface area contributed by atoms with Crippen LogP contribution in [0.5, 0.6) is 0 Å². The molecule has 0 spiro atoms. The van der Waals surface area contributed by atoms with Gasteiger partial charge >= 0.3 is 5.97 Å². The summed E-state index contributed by atoms with van der Waals surface area (Å²) in [5.41, 5.74) is 0. The van der Waals surface area contributed by atoms with E-state index in [1.165, 1.54) is 257 Å². The van der Waals surface area contributed by atoms with Crippen LogP contribution in [0, 0.1) is 0 Å². The summed E-state index contributed by atoms with van der Waals surface area (Å²) in [4.78, 5) is 24.6. The maximum absolute atomic E-state index is 12.5. The zero-order valence-corrected chi connectivity index (χ0v) is 47.3. The van der Waals surface area contributed by atoms with Gasteiger partial charge in [-0.2, -0.15) is 0 Å². The smallest absolute Gasteiger partial charge is 0.305 e. The Kier molecular flexibility index (Phi) is 58.5. The normalized spacial score (nSPS) is 12.7. The molecule has 0 saturated heterocycles. The standard InChI is InChI=1S/C64H123NO5/c1-3-5-7-9-11-13-15-17-19-21-23-24-26-27-29-32-36-40-44-48-52-56-62(67)61(60-66)65-63(68)57-53-49-45-41-37-33-31-35-39-43-47-51-55-59-70-64(69)58-54-50-46-42-38-34-30-28-25-22-20-18-16-14-12-10-8-6-4-2/h12,14,18,20,61-62,66-67H,3-11,13,15-17,19,21-60H2,1-2H3,(H,65,68)/b14-12-,20-18-. The Morgan fingerprint density at radius 1 is 0.400 bits per heavy atom. The number of ether oxygens (including phenoxy) is 1. The second-order valence-corrected chi connectivity index (χ2v) is 21.7. The summed E-state index contributed by atoms with van der Waals surface area (Å²) >= 11 is 0. The number of aliphatic hydroxyl groups excluding tert-OH is 2. The number of nitrogens with one attached hydrogen (secondary N) is 1. The highest BCUT2D eigenvalue weighted by Gasteiger charge is 2.20. The quantitative estimate of drug-likeness (QED) is 0.0321. The minimum atomic E-state index is -0.674. The van der Waals surface area contributed by atoms with E-state index in [0.717, 1.165) is 57.8 Å². The number of hydrogen-bond donors (Lipinski definition) is 3. The maximum Gasteiger partial charge on any atom is 0.305 e. The van der Waals surface area contributed by atoms with E-state index in [1.807, 2.05) is 0 Å². The fourth-order valence-electron chi connectivity index (χ4n) is 9.91. The molecule has 0 fully saturated rings. The summed E-state index contributed by atoms with van der Waals surface area (Å²) in [6.07, 6.45) is 73.2. The van der Waals surface area contributed by atoms with Crippen molar-refractivity contribution in [3.8, 4) is 0 Å². The summed E-state index contributed by atoms with van der Waals surface area (Å²) in [5.74, 6) is -0.0526. The van der Waals surface area contributed by atoms with Gasteiger partial charge in [0.1, 0.15) is 0 Å². The van der Waals surface area contributed by atoms with Crippen LogP contribution in [-0.2, 0) is 14.3 Å². The van der Waals surface area contributed by atoms with E-state index in [0.29, 0.717) is 25.9 Å². The Morgan fingerprint density at radius 3 is 1.11 bits per heavy atom. The zero-order valence-electron chi connectivity index (χ0n) is 47.3. The lowest BCUT2D eigenvalue weighted by Crippen LogP contribution is -2.45. The third-order valence-electron chi connectivity index (χ3n) is 14.8. The molecule has 0 aliphatic rings. The van der Waals surface area contributed by atoms with Crippen molar-refractivity contribution in [2.24, 2.45) is 0 Å². The molecule has 0 rings (SSSR count). The molecule has 0 aromatic rings. The number of allylic oxidation sites excluding steroid dienone is 4.